The first-order valence-corrected chi connectivity index (χ1v) is 4.02. The first kappa shape index (κ1) is 11.5. The van der Waals surface area contributed by atoms with E-state index in [0.29, 0.717) is 0 Å². The highest BCUT2D eigenvalue weighted by molar-refractivity contribution is 4.64. The Kier molecular flexibility index (Phi) is 20.0. The maximum absolute atomic E-state index is 3.63. The maximum atomic E-state index is 3.63. The smallest absolute Gasteiger partial charge is 0.0353 e. The highest BCUT2D eigenvalue weighted by Crippen LogP contribution is 1.97. The van der Waals surface area contributed by atoms with Crippen LogP contribution >= 0.6 is 0 Å². The summed E-state index contributed by atoms with van der Waals surface area (Å²) < 4.78 is 0. The minimum absolute atomic E-state index is 1.19. The topological polar surface area (TPSA) is 0 Å². The van der Waals surface area contributed by atoms with Crippen LogP contribution in [0.5, 0.6) is 0 Å². The highest BCUT2D eigenvalue weighted by atomic mass is 13.8. The van der Waals surface area contributed by atoms with Crippen LogP contribution in [0.1, 0.15) is 46.5 Å². The second-order valence-electron chi connectivity index (χ2n) is 1.78. The van der Waals surface area contributed by atoms with Crippen molar-refractivity contribution >= 4 is 0 Å². The number of rotatable bonds is 4. The Morgan fingerprint density at radius 2 is 1.78 bits per heavy atom. The van der Waals surface area contributed by atoms with Crippen LogP contribution in [-0.2, 0) is 0 Å². The lowest BCUT2D eigenvalue weighted by molar-refractivity contribution is 0.730. The Balaban J connectivity index is 0. The number of hydrogen-bond donors (Lipinski definition) is 0. The van der Waals surface area contributed by atoms with Crippen LogP contribution in [0.3, 0.4) is 0 Å². The van der Waals surface area contributed by atoms with Gasteiger partial charge in [0.05, 0.1) is 0 Å². The van der Waals surface area contributed by atoms with E-state index in [1.165, 1.54) is 25.7 Å². The van der Waals surface area contributed by atoms with E-state index in [0.717, 1.165) is 0 Å². The van der Waals surface area contributed by atoms with Gasteiger partial charge in [0.15, 0.2) is 0 Å². The molecule has 0 fully saturated rings. The van der Waals surface area contributed by atoms with Crippen LogP contribution in [0.4, 0.5) is 0 Å². The molecule has 0 radical (unpaired) electrons. The van der Waals surface area contributed by atoms with Crippen molar-refractivity contribution in [3.8, 4) is 0 Å². The van der Waals surface area contributed by atoms with E-state index in [2.05, 4.69) is 13.5 Å². The fourth-order valence-corrected chi connectivity index (χ4v) is 0.539. The van der Waals surface area contributed by atoms with Crippen LogP contribution < -0.4 is 0 Å². The fraction of sp³-hybridized carbons (Fsp3) is 0.778. The summed E-state index contributed by atoms with van der Waals surface area (Å²) in [4.78, 5) is 0. The first-order chi connectivity index (χ1) is 4.41. The van der Waals surface area contributed by atoms with Crippen molar-refractivity contribution in [3.63, 3.8) is 0 Å². The van der Waals surface area contributed by atoms with Crippen molar-refractivity contribution in [2.75, 3.05) is 0 Å². The third kappa shape index (κ3) is 18.2. The van der Waals surface area contributed by atoms with Crippen molar-refractivity contribution in [1.29, 1.82) is 0 Å². The molecule has 9 heavy (non-hydrogen) atoms. The van der Waals surface area contributed by atoms with Gasteiger partial charge in [0, 0.05) is 0 Å². The SMILES string of the molecule is C=CCCCCC.CC. The minimum atomic E-state index is 1.19. The van der Waals surface area contributed by atoms with Gasteiger partial charge in [-0.25, -0.2) is 0 Å². The molecule has 0 aliphatic carbocycles. The van der Waals surface area contributed by atoms with E-state index in [1.807, 2.05) is 19.9 Å². The summed E-state index contributed by atoms with van der Waals surface area (Å²) in [6.45, 7) is 9.84. The van der Waals surface area contributed by atoms with Gasteiger partial charge in [0.2, 0.25) is 0 Å². The molecule has 0 N–H and O–H groups in total. The summed E-state index contributed by atoms with van der Waals surface area (Å²) in [6.07, 6.45) is 7.16. The maximum Gasteiger partial charge on any atom is -0.0353 e. The number of allylic oxidation sites excluding steroid dienone is 1. The summed E-state index contributed by atoms with van der Waals surface area (Å²) in [5, 5.41) is 0. The summed E-state index contributed by atoms with van der Waals surface area (Å²) in [7, 11) is 0. The van der Waals surface area contributed by atoms with Crippen molar-refractivity contribution in [3.05, 3.63) is 12.7 Å². The average Bonchev–Trinajstić information content (AvgIpc) is 1.94. The standard InChI is InChI=1S/C7H14.C2H6/c1-3-5-7-6-4-2;1-2/h3H,1,4-7H2,2H3;1-2H3. The third-order valence-electron chi connectivity index (χ3n) is 1.01. The zero-order valence-corrected chi connectivity index (χ0v) is 7.11. The van der Waals surface area contributed by atoms with Crippen LogP contribution in [0.25, 0.3) is 0 Å². The summed E-state index contributed by atoms with van der Waals surface area (Å²) in [6, 6.07) is 0. The van der Waals surface area contributed by atoms with E-state index >= 15 is 0 Å². The summed E-state index contributed by atoms with van der Waals surface area (Å²) in [5.41, 5.74) is 0. The van der Waals surface area contributed by atoms with Gasteiger partial charge in [-0.15, -0.1) is 6.58 Å². The van der Waals surface area contributed by atoms with Crippen LogP contribution in [0.15, 0.2) is 12.7 Å². The molecule has 0 bridgehead atoms. The van der Waals surface area contributed by atoms with Crippen LogP contribution in [0, 0.1) is 0 Å². The van der Waals surface area contributed by atoms with Crippen LogP contribution in [0.2, 0.25) is 0 Å². The second-order valence-corrected chi connectivity index (χ2v) is 1.78. The molecule has 0 rings (SSSR count). The molecule has 0 aliphatic rings. The third-order valence-corrected chi connectivity index (χ3v) is 1.01. The van der Waals surface area contributed by atoms with Gasteiger partial charge < -0.3 is 0 Å². The van der Waals surface area contributed by atoms with Crippen molar-refractivity contribution in [2.24, 2.45) is 0 Å². The van der Waals surface area contributed by atoms with Gasteiger partial charge in [-0.2, -0.15) is 0 Å². The van der Waals surface area contributed by atoms with Gasteiger partial charge in [-0.05, 0) is 12.8 Å². The summed E-state index contributed by atoms with van der Waals surface area (Å²) >= 11 is 0. The summed E-state index contributed by atoms with van der Waals surface area (Å²) in [5.74, 6) is 0. The lowest BCUT2D eigenvalue weighted by Crippen LogP contribution is -1.67. The number of hydrogen-bond acceptors (Lipinski definition) is 0. The molecule has 0 heterocycles. The molecule has 0 amide bonds. The first-order valence-electron chi connectivity index (χ1n) is 4.02. The molecule has 0 aromatic rings. The molecular weight excluding hydrogens is 108 g/mol. The molecule has 0 atom stereocenters. The lowest BCUT2D eigenvalue weighted by Gasteiger charge is -1.87. The Labute approximate surface area is 60.0 Å². The molecule has 0 nitrogen and oxygen atoms in total. The van der Waals surface area contributed by atoms with Gasteiger partial charge in [0.1, 0.15) is 0 Å². The number of unbranched alkanes of at least 4 members (excludes halogenated alkanes) is 3. The fourth-order valence-electron chi connectivity index (χ4n) is 0.539. The molecule has 0 unspecified atom stereocenters. The van der Waals surface area contributed by atoms with Gasteiger partial charge in [-0.3, -0.25) is 0 Å². The molecule has 0 aliphatic heterocycles. The Bertz CT molecular complexity index is 37.3. The normalized spacial score (nSPS) is 7.44. The molecular formula is C9H20. The second kappa shape index (κ2) is 15.6. The van der Waals surface area contributed by atoms with E-state index in [9.17, 15) is 0 Å². The molecule has 0 saturated carbocycles. The minimum Gasteiger partial charge on any atom is -0.103 e. The Morgan fingerprint density at radius 1 is 1.22 bits per heavy atom. The van der Waals surface area contributed by atoms with Gasteiger partial charge in [-0.1, -0.05) is 39.7 Å². The van der Waals surface area contributed by atoms with Crippen molar-refractivity contribution in [2.45, 2.75) is 46.5 Å². The molecule has 0 aromatic heterocycles. The van der Waals surface area contributed by atoms with E-state index in [4.69, 9.17) is 0 Å². The van der Waals surface area contributed by atoms with Crippen molar-refractivity contribution < 1.29 is 0 Å². The molecule has 0 saturated heterocycles. The largest absolute Gasteiger partial charge is 0.103 e. The molecule has 0 heteroatoms. The zero-order chi connectivity index (χ0) is 7.54. The predicted octanol–water partition coefficient (Wildman–Crippen LogP) is 3.78. The highest BCUT2D eigenvalue weighted by Gasteiger charge is 1.77. The van der Waals surface area contributed by atoms with Gasteiger partial charge in [0.25, 0.3) is 0 Å². The van der Waals surface area contributed by atoms with E-state index in [1.54, 1.807) is 0 Å². The molecule has 0 spiro atoms. The molecule has 0 aromatic carbocycles. The lowest BCUT2D eigenvalue weighted by atomic mass is 10.2. The average molecular weight is 128 g/mol. The Hall–Kier alpha value is -0.260. The van der Waals surface area contributed by atoms with Crippen LogP contribution in [-0.4, -0.2) is 0 Å². The predicted molar refractivity (Wildman–Crippen MR) is 45.7 cm³/mol. The van der Waals surface area contributed by atoms with E-state index in [-0.39, 0.29) is 0 Å². The quantitative estimate of drug-likeness (QED) is 0.399. The van der Waals surface area contributed by atoms with Crippen molar-refractivity contribution in [1.82, 2.24) is 0 Å². The zero-order valence-electron chi connectivity index (χ0n) is 7.11. The Morgan fingerprint density at radius 3 is 2.11 bits per heavy atom. The molecule has 56 valence electrons. The van der Waals surface area contributed by atoms with E-state index < -0.39 is 0 Å². The van der Waals surface area contributed by atoms with Gasteiger partial charge >= 0.3 is 0 Å². The monoisotopic (exact) mass is 128 g/mol.